The molecule has 0 aliphatic carbocycles. The zero-order valence-electron chi connectivity index (χ0n) is 15.2. The maximum absolute atomic E-state index is 11.8. The van der Waals surface area contributed by atoms with E-state index in [9.17, 15) is 20.0 Å². The number of aromatic nitrogens is 1. The summed E-state index contributed by atoms with van der Waals surface area (Å²) in [6.07, 6.45) is 3.08. The molecule has 144 valence electrons. The molecule has 2 unspecified atom stereocenters. The standard InChI is InChI=1S/C19H18N4O5/c1-11(28-2)15(12-6-5-9-20-10-12)17-18(23(26)27)21-14-8-4-3-7-13(14)16(22-17)19(24)25/h3-10,16-17,22H,1-2H3,(H,24,25)/p-1/b15-11-. The molecule has 1 aliphatic rings. The van der Waals surface area contributed by atoms with Gasteiger partial charge >= 0.3 is 5.84 Å². The van der Waals surface area contributed by atoms with Crippen LogP contribution in [0, 0.1) is 10.1 Å². The molecule has 0 radical (unpaired) electrons. The number of aliphatic carboxylic acids is 1. The largest absolute Gasteiger partial charge is 0.548 e. The van der Waals surface area contributed by atoms with Crippen LogP contribution >= 0.6 is 0 Å². The first-order valence-corrected chi connectivity index (χ1v) is 8.38. The van der Waals surface area contributed by atoms with Crippen LogP contribution in [0.1, 0.15) is 24.1 Å². The van der Waals surface area contributed by atoms with Crippen molar-refractivity contribution in [1.29, 1.82) is 0 Å². The third-order valence-electron chi connectivity index (χ3n) is 4.44. The fraction of sp³-hybridized carbons (Fsp3) is 0.211. The average Bonchev–Trinajstić information content (AvgIpc) is 2.86. The van der Waals surface area contributed by atoms with Gasteiger partial charge in [0, 0.05) is 29.1 Å². The minimum absolute atomic E-state index is 0.194. The van der Waals surface area contributed by atoms with Crippen molar-refractivity contribution in [2.24, 2.45) is 4.99 Å². The molecule has 9 nitrogen and oxygen atoms in total. The van der Waals surface area contributed by atoms with Crippen LogP contribution < -0.4 is 10.4 Å². The molecule has 1 aromatic carbocycles. The number of rotatable bonds is 4. The second-order valence-corrected chi connectivity index (χ2v) is 6.05. The Labute approximate surface area is 160 Å². The Kier molecular flexibility index (Phi) is 5.46. The topological polar surface area (TPSA) is 130 Å². The molecular formula is C19H17N4O5-. The number of aliphatic imine (C=N–C) groups is 1. The fourth-order valence-electron chi connectivity index (χ4n) is 3.11. The molecule has 0 saturated heterocycles. The summed E-state index contributed by atoms with van der Waals surface area (Å²) >= 11 is 0. The molecule has 0 amide bonds. The van der Waals surface area contributed by atoms with Crippen molar-refractivity contribution in [3.63, 3.8) is 0 Å². The van der Waals surface area contributed by atoms with E-state index in [1.807, 2.05) is 0 Å². The van der Waals surface area contributed by atoms with Crippen molar-refractivity contribution in [3.05, 3.63) is 75.8 Å². The van der Waals surface area contributed by atoms with Crippen molar-refractivity contribution < 1.29 is 19.6 Å². The minimum atomic E-state index is -1.42. The number of nitrogens with zero attached hydrogens (tertiary/aromatic N) is 3. The maximum Gasteiger partial charge on any atom is 0.361 e. The molecule has 28 heavy (non-hydrogen) atoms. The molecule has 1 N–H and O–H groups in total. The quantitative estimate of drug-likeness (QED) is 0.479. The number of hydrogen-bond donors (Lipinski definition) is 1. The van der Waals surface area contributed by atoms with Crippen molar-refractivity contribution in [3.8, 4) is 0 Å². The molecule has 2 heterocycles. The SMILES string of the molecule is CO/C(C)=C(/c1cccnc1)C1NC(C(=O)[O-])c2ccccc2N=C1[N+](=O)[O-]. The summed E-state index contributed by atoms with van der Waals surface area (Å²) in [5, 5.41) is 26.5. The predicted molar refractivity (Wildman–Crippen MR) is 99.0 cm³/mol. The lowest BCUT2D eigenvalue weighted by atomic mass is 9.96. The molecule has 1 aromatic heterocycles. The first kappa shape index (κ1) is 19.2. The van der Waals surface area contributed by atoms with Gasteiger partial charge in [-0.2, -0.15) is 0 Å². The Hall–Kier alpha value is -3.59. The van der Waals surface area contributed by atoms with Crippen molar-refractivity contribution in [2.75, 3.05) is 7.11 Å². The second kappa shape index (κ2) is 7.97. The Bertz CT molecular complexity index is 971. The van der Waals surface area contributed by atoms with E-state index in [4.69, 9.17) is 4.74 Å². The highest BCUT2D eigenvalue weighted by Gasteiger charge is 2.39. The van der Waals surface area contributed by atoms with E-state index in [2.05, 4.69) is 15.3 Å². The smallest absolute Gasteiger partial charge is 0.361 e. The van der Waals surface area contributed by atoms with Crippen LogP contribution in [-0.4, -0.2) is 34.9 Å². The number of benzene rings is 1. The van der Waals surface area contributed by atoms with E-state index in [1.165, 1.54) is 19.4 Å². The normalized spacial score (nSPS) is 19.6. The Morgan fingerprint density at radius 2 is 1.96 bits per heavy atom. The first-order chi connectivity index (χ1) is 13.4. The lowest BCUT2D eigenvalue weighted by Gasteiger charge is -2.25. The molecule has 3 rings (SSSR count). The highest BCUT2D eigenvalue weighted by Crippen LogP contribution is 2.33. The molecule has 0 saturated carbocycles. The summed E-state index contributed by atoms with van der Waals surface area (Å²) in [6.45, 7) is 1.63. The summed E-state index contributed by atoms with van der Waals surface area (Å²) in [7, 11) is 1.43. The molecule has 9 heteroatoms. The van der Waals surface area contributed by atoms with Crippen LogP contribution in [0.25, 0.3) is 5.57 Å². The highest BCUT2D eigenvalue weighted by atomic mass is 16.6. The number of carboxylic acid groups (broad SMARTS) is 1. The number of hydrogen-bond acceptors (Lipinski definition) is 8. The molecule has 2 aromatic rings. The zero-order chi connectivity index (χ0) is 20.3. The Morgan fingerprint density at radius 1 is 1.21 bits per heavy atom. The Balaban J connectivity index is 2.25. The van der Waals surface area contributed by atoms with Crippen molar-refractivity contribution in [2.45, 2.75) is 19.0 Å². The minimum Gasteiger partial charge on any atom is -0.548 e. The van der Waals surface area contributed by atoms with Gasteiger partial charge in [-0.05, 0) is 29.0 Å². The number of pyridine rings is 1. The number of carboxylic acids is 1. The van der Waals surface area contributed by atoms with Gasteiger partial charge in [-0.25, -0.2) is 0 Å². The summed E-state index contributed by atoms with van der Waals surface area (Å²) in [5.41, 5.74) is 1.38. The van der Waals surface area contributed by atoms with Gasteiger partial charge in [-0.15, -0.1) is 0 Å². The van der Waals surface area contributed by atoms with Crippen molar-refractivity contribution >= 4 is 23.1 Å². The number of carbonyl (C=O) groups is 1. The lowest BCUT2D eigenvalue weighted by Crippen LogP contribution is -2.48. The van der Waals surface area contributed by atoms with Gasteiger partial charge in [0.25, 0.3) is 0 Å². The van der Waals surface area contributed by atoms with E-state index in [1.54, 1.807) is 43.5 Å². The summed E-state index contributed by atoms with van der Waals surface area (Å²) < 4.78 is 5.33. The average molecular weight is 381 g/mol. The third kappa shape index (κ3) is 3.60. The predicted octanol–water partition coefficient (Wildman–Crippen LogP) is 1.23. The number of allylic oxidation sites excluding steroid dienone is 1. The number of carbonyl (C=O) groups excluding carboxylic acids is 1. The summed E-state index contributed by atoms with van der Waals surface area (Å²) in [5.74, 6) is -1.51. The highest BCUT2D eigenvalue weighted by molar-refractivity contribution is 5.98. The molecule has 0 spiro atoms. The zero-order valence-corrected chi connectivity index (χ0v) is 15.2. The van der Waals surface area contributed by atoms with Gasteiger partial charge < -0.3 is 24.8 Å². The van der Waals surface area contributed by atoms with E-state index in [0.717, 1.165) is 0 Å². The van der Waals surface area contributed by atoms with Crippen LogP contribution in [0.2, 0.25) is 0 Å². The third-order valence-corrected chi connectivity index (χ3v) is 4.44. The van der Waals surface area contributed by atoms with Gasteiger partial charge in [0.1, 0.15) is 6.04 Å². The molecular weight excluding hydrogens is 364 g/mol. The number of methoxy groups -OCH3 is 1. The number of para-hydroxylation sites is 1. The summed E-state index contributed by atoms with van der Waals surface area (Å²) in [4.78, 5) is 31.3. The van der Waals surface area contributed by atoms with Gasteiger partial charge in [-0.1, -0.05) is 24.3 Å². The lowest BCUT2D eigenvalue weighted by molar-refractivity contribution is -0.353. The Morgan fingerprint density at radius 3 is 2.57 bits per heavy atom. The first-order valence-electron chi connectivity index (χ1n) is 8.38. The molecule has 2 atom stereocenters. The van der Waals surface area contributed by atoms with E-state index < -0.39 is 28.8 Å². The summed E-state index contributed by atoms with van der Waals surface area (Å²) in [6, 6.07) is 7.23. The second-order valence-electron chi connectivity index (χ2n) is 6.05. The number of fused-ring (bicyclic) bond motifs is 1. The van der Waals surface area contributed by atoms with Gasteiger partial charge in [0.2, 0.25) is 0 Å². The molecule has 0 fully saturated rings. The maximum atomic E-state index is 11.8. The van der Waals surface area contributed by atoms with Crippen LogP contribution in [-0.2, 0) is 9.53 Å². The van der Waals surface area contributed by atoms with Gasteiger partial charge in [0.15, 0.2) is 5.69 Å². The number of nitro groups is 1. The number of amidine groups is 1. The van der Waals surface area contributed by atoms with Crippen LogP contribution in [0.5, 0.6) is 0 Å². The van der Waals surface area contributed by atoms with Gasteiger partial charge in [-0.3, -0.25) is 10.3 Å². The molecule has 1 aliphatic heterocycles. The van der Waals surface area contributed by atoms with Crippen LogP contribution in [0.15, 0.2) is 59.5 Å². The molecule has 0 bridgehead atoms. The number of nitrogens with one attached hydrogen (secondary N) is 1. The number of ether oxygens (including phenoxy) is 1. The monoisotopic (exact) mass is 381 g/mol. The van der Waals surface area contributed by atoms with Crippen LogP contribution in [0.4, 0.5) is 5.69 Å². The van der Waals surface area contributed by atoms with E-state index >= 15 is 0 Å². The van der Waals surface area contributed by atoms with Crippen LogP contribution in [0.3, 0.4) is 0 Å². The van der Waals surface area contributed by atoms with E-state index in [0.29, 0.717) is 16.9 Å². The van der Waals surface area contributed by atoms with Crippen molar-refractivity contribution in [1.82, 2.24) is 10.3 Å². The van der Waals surface area contributed by atoms with E-state index in [-0.39, 0.29) is 11.3 Å². The fourth-order valence-corrected chi connectivity index (χ4v) is 3.11. The van der Waals surface area contributed by atoms with Gasteiger partial charge in [0.05, 0.1) is 24.9 Å².